The van der Waals surface area contributed by atoms with Crippen LogP contribution in [0.5, 0.6) is 5.75 Å². The van der Waals surface area contributed by atoms with E-state index < -0.39 is 9.84 Å². The van der Waals surface area contributed by atoms with Crippen molar-refractivity contribution in [1.29, 1.82) is 0 Å². The second kappa shape index (κ2) is 6.39. The van der Waals surface area contributed by atoms with Crippen molar-refractivity contribution in [3.05, 3.63) is 29.8 Å². The number of rotatable bonds is 5. The van der Waals surface area contributed by atoms with Crippen molar-refractivity contribution < 1.29 is 13.2 Å². The third-order valence-corrected chi connectivity index (χ3v) is 5.08. The minimum Gasteiger partial charge on any atom is -0.492 e. The lowest BCUT2D eigenvalue weighted by atomic mass is 10.2. The number of hydrogen-bond donors (Lipinski definition) is 1. The molecule has 0 bridgehead atoms. The summed E-state index contributed by atoms with van der Waals surface area (Å²) in [5.74, 6) is 1.46. The Bertz CT molecular complexity index is 513. The summed E-state index contributed by atoms with van der Waals surface area (Å²) in [6, 6.07) is 7.99. The van der Waals surface area contributed by atoms with E-state index in [1.165, 1.54) is 5.56 Å². The van der Waals surface area contributed by atoms with Gasteiger partial charge in [0.25, 0.3) is 0 Å². The van der Waals surface area contributed by atoms with Crippen molar-refractivity contribution in [1.82, 2.24) is 5.32 Å². The van der Waals surface area contributed by atoms with Gasteiger partial charge in [0.15, 0.2) is 9.84 Å². The fourth-order valence-electron chi connectivity index (χ4n) is 2.32. The predicted molar refractivity (Wildman–Crippen MR) is 76.4 cm³/mol. The largest absolute Gasteiger partial charge is 0.492 e. The quantitative estimate of drug-likeness (QED) is 0.833. The van der Waals surface area contributed by atoms with Gasteiger partial charge in [-0.1, -0.05) is 12.1 Å². The molecule has 1 atom stereocenters. The van der Waals surface area contributed by atoms with Gasteiger partial charge in [-0.15, -0.1) is 0 Å². The van der Waals surface area contributed by atoms with E-state index in [-0.39, 0.29) is 11.8 Å². The number of ether oxygens (including phenoxy) is 1. The molecule has 1 aromatic carbocycles. The van der Waals surface area contributed by atoms with Gasteiger partial charge in [-0.05, 0) is 37.5 Å². The summed E-state index contributed by atoms with van der Waals surface area (Å²) >= 11 is 0. The van der Waals surface area contributed by atoms with Crippen LogP contribution in [0.4, 0.5) is 0 Å². The molecule has 1 aromatic rings. The van der Waals surface area contributed by atoms with Crippen molar-refractivity contribution in [3.63, 3.8) is 0 Å². The average molecular weight is 283 g/mol. The maximum Gasteiger partial charge on any atom is 0.151 e. The van der Waals surface area contributed by atoms with Crippen LogP contribution >= 0.6 is 0 Å². The molecule has 5 heteroatoms. The van der Waals surface area contributed by atoms with Gasteiger partial charge < -0.3 is 10.1 Å². The number of nitrogens with one attached hydrogen (secondary N) is 1. The van der Waals surface area contributed by atoms with Gasteiger partial charge in [0.1, 0.15) is 12.4 Å². The van der Waals surface area contributed by atoms with Gasteiger partial charge in [-0.3, -0.25) is 0 Å². The van der Waals surface area contributed by atoms with Gasteiger partial charge in [0.2, 0.25) is 0 Å². The summed E-state index contributed by atoms with van der Waals surface area (Å²) in [6.07, 6.45) is 1.70. The highest BCUT2D eigenvalue weighted by atomic mass is 32.2. The molecular formula is C14H21NO3S. The lowest BCUT2D eigenvalue weighted by Crippen LogP contribution is -2.41. The van der Waals surface area contributed by atoms with Crippen LogP contribution in [0, 0.1) is 6.92 Å². The van der Waals surface area contributed by atoms with Gasteiger partial charge in [0, 0.05) is 12.6 Å². The summed E-state index contributed by atoms with van der Waals surface area (Å²) in [5, 5.41) is 3.26. The first-order chi connectivity index (χ1) is 9.05. The predicted octanol–water partition coefficient (Wildman–Crippen LogP) is 1.54. The molecule has 0 spiro atoms. The van der Waals surface area contributed by atoms with Gasteiger partial charge >= 0.3 is 0 Å². The Morgan fingerprint density at radius 2 is 2.26 bits per heavy atom. The molecular weight excluding hydrogens is 262 g/mol. The Balaban J connectivity index is 1.69. The SMILES string of the molecule is Cc1cccc(OCCNC2CCCS(=O)(=O)C2)c1. The lowest BCUT2D eigenvalue weighted by Gasteiger charge is -2.23. The molecule has 1 aliphatic rings. The third-order valence-electron chi connectivity index (χ3n) is 3.26. The smallest absolute Gasteiger partial charge is 0.151 e. The Hall–Kier alpha value is -1.07. The number of sulfone groups is 1. The molecule has 4 nitrogen and oxygen atoms in total. The Kier molecular flexibility index (Phi) is 4.82. The van der Waals surface area contributed by atoms with Crippen LogP contribution in [0.2, 0.25) is 0 Å². The fraction of sp³-hybridized carbons (Fsp3) is 0.571. The normalized spacial score (nSPS) is 22.1. The zero-order valence-corrected chi connectivity index (χ0v) is 12.1. The summed E-state index contributed by atoms with van der Waals surface area (Å²) in [4.78, 5) is 0. The van der Waals surface area contributed by atoms with E-state index >= 15 is 0 Å². The number of benzene rings is 1. The Labute approximate surface area is 115 Å². The summed E-state index contributed by atoms with van der Waals surface area (Å²) in [7, 11) is -2.83. The highest BCUT2D eigenvalue weighted by molar-refractivity contribution is 7.91. The summed E-state index contributed by atoms with van der Waals surface area (Å²) < 4.78 is 28.6. The third kappa shape index (κ3) is 4.84. The van der Waals surface area contributed by atoms with Crippen molar-refractivity contribution in [2.24, 2.45) is 0 Å². The zero-order valence-electron chi connectivity index (χ0n) is 11.3. The maximum atomic E-state index is 11.5. The highest BCUT2D eigenvalue weighted by Crippen LogP contribution is 2.13. The van der Waals surface area contributed by atoms with E-state index in [1.54, 1.807) is 0 Å². The van der Waals surface area contributed by atoms with Crippen molar-refractivity contribution in [3.8, 4) is 5.75 Å². The standard InChI is InChI=1S/C14H21NO3S/c1-12-4-2-6-14(10-12)18-8-7-15-13-5-3-9-19(16,17)11-13/h2,4,6,10,13,15H,3,5,7-9,11H2,1H3. The first-order valence-corrected chi connectivity index (χ1v) is 8.50. The van der Waals surface area contributed by atoms with E-state index in [0.717, 1.165) is 18.6 Å². The van der Waals surface area contributed by atoms with Gasteiger partial charge in [-0.25, -0.2) is 8.42 Å². The molecule has 0 radical (unpaired) electrons. The molecule has 0 amide bonds. The molecule has 1 saturated heterocycles. The minimum atomic E-state index is -2.83. The number of hydrogen-bond acceptors (Lipinski definition) is 4. The second-order valence-electron chi connectivity index (χ2n) is 5.07. The van der Waals surface area contributed by atoms with Crippen LogP contribution in [0.25, 0.3) is 0 Å². The van der Waals surface area contributed by atoms with E-state index in [9.17, 15) is 8.42 Å². The summed E-state index contributed by atoms with van der Waals surface area (Å²) in [5.41, 5.74) is 1.17. The van der Waals surface area contributed by atoms with Crippen LogP contribution in [0.1, 0.15) is 18.4 Å². The van der Waals surface area contributed by atoms with Gasteiger partial charge in [0.05, 0.1) is 11.5 Å². The minimum absolute atomic E-state index is 0.0832. The van der Waals surface area contributed by atoms with Crippen molar-refractivity contribution in [2.45, 2.75) is 25.8 Å². The Morgan fingerprint density at radius 1 is 1.42 bits per heavy atom. The Morgan fingerprint density at radius 3 is 3.00 bits per heavy atom. The molecule has 1 N–H and O–H groups in total. The molecule has 0 saturated carbocycles. The van der Waals surface area contributed by atoms with E-state index in [0.29, 0.717) is 18.9 Å². The van der Waals surface area contributed by atoms with Crippen LogP contribution in [-0.2, 0) is 9.84 Å². The van der Waals surface area contributed by atoms with Crippen LogP contribution in [0.15, 0.2) is 24.3 Å². The fourth-order valence-corrected chi connectivity index (χ4v) is 3.99. The van der Waals surface area contributed by atoms with Crippen LogP contribution in [-0.4, -0.2) is 39.1 Å². The van der Waals surface area contributed by atoms with Crippen molar-refractivity contribution >= 4 is 9.84 Å². The summed E-state index contributed by atoms with van der Waals surface area (Å²) in [6.45, 7) is 3.26. The molecule has 1 aliphatic heterocycles. The molecule has 1 unspecified atom stereocenters. The highest BCUT2D eigenvalue weighted by Gasteiger charge is 2.23. The average Bonchev–Trinajstić information content (AvgIpc) is 2.34. The first kappa shape index (κ1) is 14.3. The van der Waals surface area contributed by atoms with Crippen LogP contribution in [0.3, 0.4) is 0 Å². The molecule has 0 aromatic heterocycles. The first-order valence-electron chi connectivity index (χ1n) is 6.68. The molecule has 1 fully saturated rings. The van der Waals surface area contributed by atoms with E-state index in [4.69, 9.17) is 4.74 Å². The molecule has 1 heterocycles. The maximum absolute atomic E-state index is 11.5. The van der Waals surface area contributed by atoms with Crippen molar-refractivity contribution in [2.75, 3.05) is 24.7 Å². The van der Waals surface area contributed by atoms with E-state index in [1.807, 2.05) is 31.2 Å². The molecule has 106 valence electrons. The van der Waals surface area contributed by atoms with Crippen LogP contribution < -0.4 is 10.1 Å². The lowest BCUT2D eigenvalue weighted by molar-refractivity contribution is 0.304. The molecule has 2 rings (SSSR count). The van der Waals surface area contributed by atoms with E-state index in [2.05, 4.69) is 5.32 Å². The monoisotopic (exact) mass is 283 g/mol. The number of aryl methyl sites for hydroxylation is 1. The topological polar surface area (TPSA) is 55.4 Å². The zero-order chi connectivity index (χ0) is 13.7. The molecule has 19 heavy (non-hydrogen) atoms. The molecule has 0 aliphatic carbocycles. The van der Waals surface area contributed by atoms with Gasteiger partial charge in [-0.2, -0.15) is 0 Å². The second-order valence-corrected chi connectivity index (χ2v) is 7.30.